The molecule has 11 nitrogen and oxygen atoms in total. The van der Waals surface area contributed by atoms with Crippen LogP contribution in [0.1, 0.15) is 18.5 Å². The molecule has 1 saturated carbocycles. The molecule has 192 valence electrons. The van der Waals surface area contributed by atoms with Gasteiger partial charge in [0.15, 0.2) is 11.1 Å². The van der Waals surface area contributed by atoms with Crippen LogP contribution in [0.5, 0.6) is 5.88 Å². The van der Waals surface area contributed by atoms with Crippen molar-refractivity contribution in [2.75, 3.05) is 44.7 Å². The molecule has 1 aromatic carbocycles. The SMILES string of the molecule is O=c1[nH]c(O)c(/C=c2\cnn3c(=NCC4(CN5CCOCC5)CC4)cc(Nc4cccc(Cl)c4)nc23)[nH]1. The lowest BCUT2D eigenvalue weighted by Gasteiger charge is -2.29. The second kappa shape index (κ2) is 9.66. The molecule has 0 unspecified atom stereocenters. The maximum Gasteiger partial charge on any atom is 0.326 e. The first-order chi connectivity index (χ1) is 18.0. The molecule has 4 aromatic rings. The number of morpholine rings is 1. The highest BCUT2D eigenvalue weighted by Crippen LogP contribution is 2.46. The van der Waals surface area contributed by atoms with E-state index in [0.29, 0.717) is 33.7 Å². The van der Waals surface area contributed by atoms with E-state index in [9.17, 15) is 9.90 Å². The number of halogens is 1. The fraction of sp³-hybridized carbons (Fsp3) is 0.360. The first kappa shape index (κ1) is 23.7. The van der Waals surface area contributed by atoms with Gasteiger partial charge in [0.1, 0.15) is 11.5 Å². The third kappa shape index (κ3) is 5.24. The molecule has 3 aromatic heterocycles. The van der Waals surface area contributed by atoms with Gasteiger partial charge in [0.05, 0.1) is 19.4 Å². The largest absolute Gasteiger partial charge is 0.493 e. The number of H-pyrrole nitrogens is 2. The van der Waals surface area contributed by atoms with Crippen molar-refractivity contribution in [3.8, 4) is 5.88 Å². The van der Waals surface area contributed by atoms with E-state index in [1.807, 2.05) is 30.3 Å². The molecule has 1 aliphatic carbocycles. The lowest BCUT2D eigenvalue weighted by molar-refractivity contribution is 0.0290. The van der Waals surface area contributed by atoms with Crippen LogP contribution >= 0.6 is 11.6 Å². The number of nitrogens with one attached hydrogen (secondary N) is 3. The number of imidazole rings is 1. The summed E-state index contributed by atoms with van der Waals surface area (Å²) in [7, 11) is 0. The number of benzene rings is 1. The van der Waals surface area contributed by atoms with Gasteiger partial charge >= 0.3 is 5.69 Å². The van der Waals surface area contributed by atoms with E-state index in [1.54, 1.807) is 16.8 Å². The number of anilines is 2. The summed E-state index contributed by atoms with van der Waals surface area (Å²) in [6.07, 6.45) is 5.55. The predicted molar refractivity (Wildman–Crippen MR) is 139 cm³/mol. The smallest absolute Gasteiger partial charge is 0.326 e. The number of rotatable bonds is 7. The minimum Gasteiger partial charge on any atom is -0.493 e. The van der Waals surface area contributed by atoms with Crippen LogP contribution in [0, 0.1) is 5.41 Å². The zero-order valence-electron chi connectivity index (χ0n) is 20.1. The Morgan fingerprint density at radius 1 is 1.24 bits per heavy atom. The van der Waals surface area contributed by atoms with Gasteiger partial charge in [-0.15, -0.1) is 0 Å². The molecule has 0 radical (unpaired) electrons. The van der Waals surface area contributed by atoms with Crippen molar-refractivity contribution in [3.05, 3.63) is 68.4 Å². The Morgan fingerprint density at radius 3 is 2.81 bits per heavy atom. The molecule has 4 N–H and O–H groups in total. The van der Waals surface area contributed by atoms with Crippen LogP contribution in [0.2, 0.25) is 5.02 Å². The van der Waals surface area contributed by atoms with Crippen molar-refractivity contribution in [1.29, 1.82) is 0 Å². The average Bonchev–Trinajstić information content (AvgIpc) is 3.40. The summed E-state index contributed by atoms with van der Waals surface area (Å²) in [4.78, 5) is 28.7. The number of ether oxygens (including phenoxy) is 1. The number of aromatic hydroxyl groups is 1. The van der Waals surface area contributed by atoms with Crippen molar-refractivity contribution in [1.82, 2.24) is 29.5 Å². The maximum atomic E-state index is 11.6. The molecule has 0 bridgehead atoms. The molecule has 0 atom stereocenters. The fourth-order valence-corrected chi connectivity index (χ4v) is 4.82. The van der Waals surface area contributed by atoms with Crippen LogP contribution in [0.15, 0.2) is 46.3 Å². The minimum absolute atomic E-state index is 0.173. The van der Waals surface area contributed by atoms with Crippen molar-refractivity contribution in [3.63, 3.8) is 0 Å². The summed E-state index contributed by atoms with van der Waals surface area (Å²) in [6.45, 7) is 5.18. The number of hydrogen-bond donors (Lipinski definition) is 4. The Morgan fingerprint density at radius 2 is 2.08 bits per heavy atom. The van der Waals surface area contributed by atoms with Gasteiger partial charge in [-0.3, -0.25) is 14.9 Å². The quantitative estimate of drug-likeness (QED) is 0.288. The number of fused-ring (bicyclic) bond motifs is 1. The Kier molecular flexibility index (Phi) is 6.19. The molecule has 1 saturated heterocycles. The number of nitrogens with zero attached hydrogens (tertiary/aromatic N) is 5. The Balaban J connectivity index is 1.40. The molecule has 2 aliphatic rings. The van der Waals surface area contributed by atoms with Crippen LogP contribution in [0.4, 0.5) is 11.5 Å². The number of aromatic nitrogens is 5. The molecule has 0 spiro atoms. The van der Waals surface area contributed by atoms with E-state index >= 15 is 0 Å². The van der Waals surface area contributed by atoms with E-state index < -0.39 is 5.69 Å². The number of hydrogen-bond acceptors (Lipinski definition) is 8. The highest BCUT2D eigenvalue weighted by Gasteiger charge is 2.43. The molecule has 1 aliphatic heterocycles. The fourth-order valence-electron chi connectivity index (χ4n) is 4.63. The maximum absolute atomic E-state index is 11.6. The normalized spacial score (nSPS) is 18.5. The summed E-state index contributed by atoms with van der Waals surface area (Å²) < 4.78 is 7.18. The topological polar surface area (TPSA) is 136 Å². The van der Waals surface area contributed by atoms with E-state index in [1.165, 1.54) is 0 Å². The van der Waals surface area contributed by atoms with Crippen molar-refractivity contribution >= 4 is 34.8 Å². The first-order valence-corrected chi connectivity index (χ1v) is 12.6. The van der Waals surface area contributed by atoms with Crippen LogP contribution in [0.25, 0.3) is 11.7 Å². The van der Waals surface area contributed by atoms with Gasteiger partial charge in [-0.05, 0) is 37.1 Å². The molecular weight excluding hydrogens is 496 g/mol. The zero-order valence-corrected chi connectivity index (χ0v) is 20.8. The third-order valence-corrected chi connectivity index (χ3v) is 7.04. The predicted octanol–water partition coefficient (Wildman–Crippen LogP) is 1.41. The van der Waals surface area contributed by atoms with Crippen molar-refractivity contribution in [2.24, 2.45) is 10.4 Å². The van der Waals surface area contributed by atoms with Gasteiger partial charge in [-0.2, -0.15) is 9.61 Å². The van der Waals surface area contributed by atoms with E-state index in [-0.39, 0.29) is 17.0 Å². The molecule has 6 rings (SSSR count). The molecule has 37 heavy (non-hydrogen) atoms. The third-order valence-electron chi connectivity index (χ3n) is 6.81. The summed E-state index contributed by atoms with van der Waals surface area (Å²) in [5.41, 5.74) is 1.91. The summed E-state index contributed by atoms with van der Waals surface area (Å²) in [5.74, 6) is 0.328. The van der Waals surface area contributed by atoms with Gasteiger partial charge in [0.25, 0.3) is 0 Å². The monoisotopic (exact) mass is 522 g/mol. The molecule has 12 heteroatoms. The van der Waals surface area contributed by atoms with Gasteiger partial charge in [-0.1, -0.05) is 17.7 Å². The lowest BCUT2D eigenvalue weighted by Crippen LogP contribution is -2.40. The lowest BCUT2D eigenvalue weighted by atomic mass is 10.1. The van der Waals surface area contributed by atoms with Crippen molar-refractivity contribution < 1.29 is 9.84 Å². The highest BCUT2D eigenvalue weighted by atomic mass is 35.5. The van der Waals surface area contributed by atoms with Crippen LogP contribution in [-0.2, 0) is 4.74 Å². The Bertz CT molecular complexity index is 1610. The minimum atomic E-state index is -0.498. The second-order valence-electron chi connectivity index (χ2n) is 9.66. The summed E-state index contributed by atoms with van der Waals surface area (Å²) >= 11 is 6.17. The van der Waals surface area contributed by atoms with E-state index in [2.05, 4.69) is 25.3 Å². The first-order valence-electron chi connectivity index (χ1n) is 12.2. The summed E-state index contributed by atoms with van der Waals surface area (Å²) in [5, 5.41) is 19.1. The standard InChI is InChI=1S/C25H27ClN8O3/c26-17-2-1-3-18(11-17)29-20-12-21(27-14-25(4-5-25)15-33-6-8-37-9-7-33)34-22(31-20)16(13-28-34)10-19-23(35)32-24(36)30-19/h1-3,10-13,29,35H,4-9,14-15H2,(H2,30,32,36)/b16-10+,27-21?. The van der Waals surface area contributed by atoms with Gasteiger partial charge in [-0.25, -0.2) is 9.78 Å². The summed E-state index contributed by atoms with van der Waals surface area (Å²) in [6, 6.07) is 9.26. The van der Waals surface area contributed by atoms with Gasteiger partial charge in [0, 0.05) is 53.6 Å². The second-order valence-corrected chi connectivity index (χ2v) is 10.1. The Hall–Kier alpha value is -3.67. The number of aromatic amines is 2. The van der Waals surface area contributed by atoms with Crippen molar-refractivity contribution in [2.45, 2.75) is 12.8 Å². The van der Waals surface area contributed by atoms with Gasteiger partial charge < -0.3 is 20.1 Å². The highest BCUT2D eigenvalue weighted by molar-refractivity contribution is 6.30. The van der Waals surface area contributed by atoms with Gasteiger partial charge in [0.2, 0.25) is 5.88 Å². The molecular formula is C25H27ClN8O3. The average molecular weight is 523 g/mol. The zero-order chi connectivity index (χ0) is 25.4. The van der Waals surface area contributed by atoms with Crippen LogP contribution in [0.3, 0.4) is 0 Å². The molecule has 4 heterocycles. The molecule has 0 amide bonds. The van der Waals surface area contributed by atoms with E-state index in [4.69, 9.17) is 26.3 Å². The van der Waals surface area contributed by atoms with Crippen LogP contribution < -0.4 is 21.7 Å². The Labute approximate surface area is 216 Å². The molecule has 2 fully saturated rings. The van der Waals surface area contributed by atoms with Crippen LogP contribution in [-0.4, -0.2) is 74.0 Å². The van der Waals surface area contributed by atoms with E-state index in [0.717, 1.165) is 51.4 Å².